The van der Waals surface area contributed by atoms with Gasteiger partial charge in [-0.15, -0.1) is 0 Å². The molecule has 4 N–H and O–H groups in total. The van der Waals surface area contributed by atoms with Crippen molar-refractivity contribution in [2.75, 3.05) is 26.2 Å². The van der Waals surface area contributed by atoms with Gasteiger partial charge >= 0.3 is 0 Å². The molecule has 0 heterocycles. The quantitative estimate of drug-likeness (QED) is 0.303. The van der Waals surface area contributed by atoms with E-state index >= 15 is 0 Å². The zero-order chi connectivity index (χ0) is 32.1. The van der Waals surface area contributed by atoms with E-state index in [1.54, 1.807) is 0 Å². The van der Waals surface area contributed by atoms with Gasteiger partial charge in [-0.2, -0.15) is 0 Å². The Morgan fingerprint density at radius 2 is 1.77 bits per heavy atom. The first-order valence-electron chi connectivity index (χ1n) is 15.9. The average molecular weight is 428 g/mol. The van der Waals surface area contributed by atoms with Crippen LogP contribution in [0.1, 0.15) is 77.7 Å². The van der Waals surface area contributed by atoms with Gasteiger partial charge in [-0.05, 0) is 61.9 Å². The van der Waals surface area contributed by atoms with Gasteiger partial charge in [0.05, 0.1) is 26.3 Å². The molecular weight excluding hydrogens is 378 g/mol. The highest BCUT2D eigenvalue weighted by molar-refractivity contribution is 5.36. The van der Waals surface area contributed by atoms with Gasteiger partial charge < -0.3 is 25.4 Å². The molecule has 2 aromatic rings. The molecule has 0 spiro atoms. The molecule has 0 saturated carbocycles. The van der Waals surface area contributed by atoms with E-state index in [2.05, 4.69) is 5.32 Å². The number of aryl methyl sites for hydroxylation is 1. The molecule has 0 saturated heterocycles. The van der Waals surface area contributed by atoms with Crippen LogP contribution in [0.25, 0.3) is 0 Å². The molecule has 0 aliphatic rings. The fourth-order valence-electron chi connectivity index (χ4n) is 2.56. The standard InChI is InChI=1S/C25H37NO4/c27-20-23-18-22(13-14-24(23)28)25(29)19-26-15-7-1-2-8-16-30-17-9-6-12-21-10-4-3-5-11-21/h3-5,10-11,13-14,18,25-29H,1-2,6-9,12,15-17,19-20H2/i13D,14D,16D2,17D2,18D,19D2,20D2,25D. The van der Waals surface area contributed by atoms with Crippen LogP contribution in [0.15, 0.2) is 48.5 Å². The highest BCUT2D eigenvalue weighted by Gasteiger charge is 2.09. The number of hydrogen-bond acceptors (Lipinski definition) is 5. The van der Waals surface area contributed by atoms with Gasteiger partial charge in [0.25, 0.3) is 0 Å². The minimum Gasteiger partial charge on any atom is -0.508 e. The first-order chi connectivity index (χ1) is 19.1. The van der Waals surface area contributed by atoms with Crippen molar-refractivity contribution in [3.63, 3.8) is 0 Å². The van der Waals surface area contributed by atoms with Crippen molar-refractivity contribution < 1.29 is 36.5 Å². The van der Waals surface area contributed by atoms with E-state index in [0.717, 1.165) is 5.56 Å². The van der Waals surface area contributed by atoms with Crippen LogP contribution in [-0.2, 0) is 17.7 Å². The van der Waals surface area contributed by atoms with Crippen molar-refractivity contribution in [2.45, 2.75) is 57.6 Å². The molecule has 5 heteroatoms. The third-order valence-corrected chi connectivity index (χ3v) is 4.16. The number of aromatic hydroxyl groups is 1. The maximum Gasteiger partial charge on any atom is 0.121 e. The first-order valence-corrected chi connectivity index (χ1v) is 9.90. The first kappa shape index (κ1) is 12.2. The predicted octanol–water partition coefficient (Wildman–Crippen LogP) is 4.11. The summed E-state index contributed by atoms with van der Waals surface area (Å²) in [5.74, 6) is -1.24. The average Bonchev–Trinajstić information content (AvgIpc) is 2.83. The molecule has 0 aliphatic heterocycles. The van der Waals surface area contributed by atoms with Crippen LogP contribution >= 0.6 is 0 Å². The topological polar surface area (TPSA) is 82.0 Å². The van der Waals surface area contributed by atoms with Gasteiger partial charge in [-0.3, -0.25) is 0 Å². The molecule has 2 aromatic carbocycles. The van der Waals surface area contributed by atoms with Crippen molar-refractivity contribution in [2.24, 2.45) is 0 Å². The summed E-state index contributed by atoms with van der Waals surface area (Å²) in [5, 5.41) is 32.7. The Bertz CT molecular complexity index is 1190. The van der Waals surface area contributed by atoms with Gasteiger partial charge in [-0.25, -0.2) is 0 Å². The molecule has 0 radical (unpaired) electrons. The lowest BCUT2D eigenvalue weighted by atomic mass is 10.1. The van der Waals surface area contributed by atoms with E-state index in [9.17, 15) is 15.3 Å². The second kappa shape index (κ2) is 15.0. The number of ether oxygens (including phenoxy) is 1. The van der Waals surface area contributed by atoms with E-state index in [4.69, 9.17) is 21.2 Å². The molecule has 1 unspecified atom stereocenters. The third kappa shape index (κ3) is 9.72. The molecular formula is C25H37NO4. The van der Waals surface area contributed by atoms with E-state index < -0.39 is 67.3 Å². The number of unbranched alkanes of at least 4 members (excludes halogenated alkanes) is 2. The maximum absolute atomic E-state index is 10.7. The van der Waals surface area contributed by atoms with Crippen LogP contribution in [0.4, 0.5) is 0 Å². The Labute approximate surface area is 197 Å². The summed E-state index contributed by atoms with van der Waals surface area (Å²) in [6.45, 7) is -11.0. The van der Waals surface area contributed by atoms with Crippen LogP contribution < -0.4 is 5.32 Å². The molecule has 5 nitrogen and oxygen atoms in total. The number of phenols is 1. The SMILES string of the molecule is [2H]c1c([2H])c(C([2H])(O)C([2H])([2H])NCCCCCC([2H])([2H])OC([2H])([2H])CCCc2ccccc2)c([2H])c(C([2H])([2H])O)c1O. The summed E-state index contributed by atoms with van der Waals surface area (Å²) in [7, 11) is 0. The number of nitrogens with one attached hydrogen (secondary N) is 1. The summed E-state index contributed by atoms with van der Waals surface area (Å²) in [4.78, 5) is 0. The summed E-state index contributed by atoms with van der Waals surface area (Å²) in [6.07, 6.45) is -1.66. The van der Waals surface area contributed by atoms with Gasteiger partial charge in [-0.1, -0.05) is 49.2 Å². The van der Waals surface area contributed by atoms with Crippen molar-refractivity contribution in [1.82, 2.24) is 5.32 Å². The zero-order valence-corrected chi connectivity index (χ0v) is 16.8. The van der Waals surface area contributed by atoms with Gasteiger partial charge in [0.2, 0.25) is 0 Å². The predicted molar refractivity (Wildman–Crippen MR) is 121 cm³/mol. The Kier molecular flexibility index (Phi) is 6.09. The third-order valence-electron chi connectivity index (χ3n) is 4.16. The van der Waals surface area contributed by atoms with Crippen LogP contribution in [0.5, 0.6) is 5.75 Å². The van der Waals surface area contributed by atoms with Crippen LogP contribution in [0.2, 0.25) is 0 Å². The molecule has 0 bridgehead atoms. The smallest absolute Gasteiger partial charge is 0.121 e. The number of rotatable bonds is 16. The van der Waals surface area contributed by atoms with Crippen molar-refractivity contribution in [3.8, 4) is 5.75 Å². The molecule has 0 aromatic heterocycles. The monoisotopic (exact) mass is 427 g/mol. The normalized spacial score (nSPS) is 21.0. The van der Waals surface area contributed by atoms with E-state index in [0.29, 0.717) is 19.3 Å². The molecule has 0 fully saturated rings. The van der Waals surface area contributed by atoms with Crippen LogP contribution in [0, 0.1) is 0 Å². The van der Waals surface area contributed by atoms with E-state index in [1.165, 1.54) is 0 Å². The molecule has 0 aliphatic carbocycles. The maximum atomic E-state index is 10.7. The Balaban J connectivity index is 1.91. The summed E-state index contributed by atoms with van der Waals surface area (Å²) < 4.78 is 100. The molecule has 30 heavy (non-hydrogen) atoms. The number of aliphatic hydroxyl groups is 2. The molecule has 166 valence electrons. The lowest BCUT2D eigenvalue weighted by Gasteiger charge is -2.14. The van der Waals surface area contributed by atoms with E-state index in [1.807, 2.05) is 30.3 Å². The van der Waals surface area contributed by atoms with Gasteiger partial charge in [0.15, 0.2) is 0 Å². The zero-order valence-electron chi connectivity index (χ0n) is 28.8. The minimum atomic E-state index is -3.41. The van der Waals surface area contributed by atoms with Crippen molar-refractivity contribution in [1.29, 1.82) is 0 Å². The Morgan fingerprint density at radius 3 is 2.53 bits per heavy atom. The van der Waals surface area contributed by atoms with Crippen molar-refractivity contribution >= 4 is 0 Å². The largest absolute Gasteiger partial charge is 0.508 e. The lowest BCUT2D eigenvalue weighted by Crippen LogP contribution is -2.22. The second-order valence-electron chi connectivity index (χ2n) is 6.53. The fourth-order valence-corrected chi connectivity index (χ4v) is 2.56. The Hall–Kier alpha value is -1.92. The second-order valence-corrected chi connectivity index (χ2v) is 6.53. The molecule has 1 atom stereocenters. The van der Waals surface area contributed by atoms with Gasteiger partial charge in [0.1, 0.15) is 5.75 Å². The molecule has 0 amide bonds. The number of benzene rings is 2. The highest BCUT2D eigenvalue weighted by Crippen LogP contribution is 2.22. The molecule has 2 rings (SSSR count). The highest BCUT2D eigenvalue weighted by atomic mass is 16.5. The van der Waals surface area contributed by atoms with E-state index in [-0.39, 0.29) is 32.2 Å². The minimum absolute atomic E-state index is 0.00359. The fraction of sp³-hybridized carbons (Fsp3) is 0.520. The number of hydrogen-bond donors (Lipinski definition) is 4. The Morgan fingerprint density at radius 1 is 1.03 bits per heavy atom. The summed E-state index contributed by atoms with van der Waals surface area (Å²) >= 11 is 0. The van der Waals surface area contributed by atoms with Gasteiger partial charge in [0, 0.05) is 27.9 Å². The summed E-state index contributed by atoms with van der Waals surface area (Å²) in [6, 6.07) is 6.11. The van der Waals surface area contributed by atoms with Crippen LogP contribution in [-0.4, -0.2) is 41.5 Å². The van der Waals surface area contributed by atoms with Crippen LogP contribution in [0.3, 0.4) is 0 Å². The lowest BCUT2D eigenvalue weighted by molar-refractivity contribution is 0.126. The van der Waals surface area contributed by atoms with Crippen molar-refractivity contribution in [3.05, 3.63) is 65.1 Å². The summed E-state index contributed by atoms with van der Waals surface area (Å²) in [5.41, 5.74) is -1.27.